The van der Waals surface area contributed by atoms with E-state index in [-0.39, 0.29) is 6.54 Å². The number of ether oxygens (including phenoxy) is 1. The Hall–Kier alpha value is -2.10. The van der Waals surface area contributed by atoms with Crippen LogP contribution in [0.2, 0.25) is 0 Å². The maximum Gasteiger partial charge on any atom is 0.250 e. The maximum atomic E-state index is 12.1. The lowest BCUT2D eigenvalue weighted by Crippen LogP contribution is -2.41. The van der Waals surface area contributed by atoms with E-state index >= 15 is 0 Å². The second-order valence-electron chi connectivity index (χ2n) is 6.48. The molecule has 0 spiro atoms. The van der Waals surface area contributed by atoms with E-state index in [0.717, 1.165) is 18.7 Å². The Balaban J connectivity index is 1.78. The zero-order valence-corrected chi connectivity index (χ0v) is 18.8. The number of benzene rings is 1. The molecule has 1 unspecified atom stereocenters. The molecule has 1 aromatic heterocycles. The summed E-state index contributed by atoms with van der Waals surface area (Å²) >= 11 is 1.20. The molecule has 0 bridgehead atoms. The molecule has 0 radical (unpaired) electrons. The van der Waals surface area contributed by atoms with E-state index < -0.39 is 10.0 Å². The molecule has 0 aliphatic carbocycles. The molecule has 0 amide bonds. The van der Waals surface area contributed by atoms with Gasteiger partial charge in [0.15, 0.2) is 5.96 Å². The van der Waals surface area contributed by atoms with E-state index in [1.54, 1.807) is 24.6 Å². The minimum absolute atomic E-state index is 0.285. The van der Waals surface area contributed by atoms with Crippen molar-refractivity contribution in [2.75, 3.05) is 33.3 Å². The van der Waals surface area contributed by atoms with Crippen molar-refractivity contribution < 1.29 is 13.2 Å². The Morgan fingerprint density at radius 2 is 1.93 bits per heavy atom. The summed E-state index contributed by atoms with van der Waals surface area (Å²) < 4.78 is 32.3. The summed E-state index contributed by atoms with van der Waals surface area (Å²) in [6.07, 6.45) is 0.911. The molecular formula is C20H30N4O3S2. The van der Waals surface area contributed by atoms with Gasteiger partial charge in [0.05, 0.1) is 7.11 Å². The molecule has 0 aliphatic heterocycles. The Morgan fingerprint density at radius 1 is 1.17 bits per heavy atom. The number of thiophene rings is 1. The molecule has 0 aliphatic rings. The number of guanidine groups is 1. The molecule has 160 valence electrons. The molecule has 0 saturated heterocycles. The van der Waals surface area contributed by atoms with Crippen LogP contribution in [0, 0.1) is 0 Å². The van der Waals surface area contributed by atoms with Crippen LogP contribution >= 0.6 is 11.3 Å². The lowest BCUT2D eigenvalue weighted by Gasteiger charge is -2.14. The van der Waals surface area contributed by atoms with Gasteiger partial charge in [0, 0.05) is 26.2 Å². The first-order valence-electron chi connectivity index (χ1n) is 9.65. The first-order valence-corrected chi connectivity index (χ1v) is 12.0. The summed E-state index contributed by atoms with van der Waals surface area (Å²) in [5.74, 6) is 1.92. The molecule has 7 nitrogen and oxygen atoms in total. The van der Waals surface area contributed by atoms with E-state index in [4.69, 9.17) is 4.74 Å². The fourth-order valence-electron chi connectivity index (χ4n) is 2.66. The highest BCUT2D eigenvalue weighted by atomic mass is 32.2. The van der Waals surface area contributed by atoms with Crippen molar-refractivity contribution in [3.05, 3.63) is 47.3 Å². The fourth-order valence-corrected chi connectivity index (χ4v) is 4.73. The van der Waals surface area contributed by atoms with Crippen molar-refractivity contribution >= 4 is 27.3 Å². The average Bonchev–Trinajstić information content (AvgIpc) is 3.27. The smallest absolute Gasteiger partial charge is 0.250 e. The van der Waals surface area contributed by atoms with Crippen LogP contribution in [-0.2, 0) is 10.0 Å². The number of aliphatic imine (C=N–C) groups is 1. The lowest BCUT2D eigenvalue weighted by atomic mass is 9.98. The topological polar surface area (TPSA) is 91.8 Å². The van der Waals surface area contributed by atoms with Gasteiger partial charge in [-0.15, -0.1) is 11.3 Å². The van der Waals surface area contributed by atoms with Crippen molar-refractivity contribution in [1.29, 1.82) is 0 Å². The zero-order chi connectivity index (χ0) is 21.1. The van der Waals surface area contributed by atoms with Gasteiger partial charge in [-0.3, -0.25) is 4.99 Å². The second-order valence-corrected chi connectivity index (χ2v) is 9.42. The van der Waals surface area contributed by atoms with Gasteiger partial charge in [-0.1, -0.05) is 25.1 Å². The first kappa shape index (κ1) is 23.2. The number of hydrogen-bond acceptors (Lipinski definition) is 5. The van der Waals surface area contributed by atoms with Crippen LogP contribution in [0.15, 0.2) is 51.0 Å². The molecule has 2 rings (SSSR count). The van der Waals surface area contributed by atoms with Crippen LogP contribution in [-0.4, -0.2) is 47.7 Å². The van der Waals surface area contributed by atoms with Crippen LogP contribution in [0.25, 0.3) is 0 Å². The molecule has 2 aromatic rings. The van der Waals surface area contributed by atoms with E-state index in [2.05, 4.69) is 39.4 Å². The molecule has 1 aromatic carbocycles. The number of methoxy groups -OCH3 is 1. The van der Waals surface area contributed by atoms with Crippen molar-refractivity contribution in [1.82, 2.24) is 15.4 Å². The van der Waals surface area contributed by atoms with Crippen LogP contribution < -0.4 is 20.1 Å². The molecule has 1 atom stereocenters. The van der Waals surface area contributed by atoms with Crippen LogP contribution in [0.5, 0.6) is 5.75 Å². The molecule has 3 N–H and O–H groups in total. The minimum atomic E-state index is -3.43. The largest absolute Gasteiger partial charge is 0.497 e. The number of rotatable bonds is 11. The van der Waals surface area contributed by atoms with Gasteiger partial charge < -0.3 is 15.4 Å². The van der Waals surface area contributed by atoms with Gasteiger partial charge in [0.25, 0.3) is 0 Å². The molecule has 29 heavy (non-hydrogen) atoms. The summed E-state index contributed by atoms with van der Waals surface area (Å²) in [5.41, 5.74) is 1.25. The fraction of sp³-hybridized carbons (Fsp3) is 0.450. The van der Waals surface area contributed by atoms with E-state index in [9.17, 15) is 8.42 Å². The lowest BCUT2D eigenvalue weighted by molar-refractivity contribution is 0.414. The predicted octanol–water partition coefficient (Wildman–Crippen LogP) is 2.78. The average molecular weight is 439 g/mol. The van der Waals surface area contributed by atoms with Gasteiger partial charge in [0.2, 0.25) is 10.0 Å². The predicted molar refractivity (Wildman–Crippen MR) is 120 cm³/mol. The summed E-state index contributed by atoms with van der Waals surface area (Å²) in [7, 11) is -1.77. The van der Waals surface area contributed by atoms with Gasteiger partial charge >= 0.3 is 0 Å². The molecule has 1 heterocycles. The van der Waals surface area contributed by atoms with Crippen molar-refractivity contribution in [3.63, 3.8) is 0 Å². The number of nitrogens with zero attached hydrogens (tertiary/aromatic N) is 1. The van der Waals surface area contributed by atoms with Gasteiger partial charge in [-0.2, -0.15) is 0 Å². The van der Waals surface area contributed by atoms with Crippen molar-refractivity contribution in [3.8, 4) is 5.75 Å². The number of nitrogens with one attached hydrogen (secondary N) is 3. The Bertz CT molecular complexity index is 850. The third-order valence-electron chi connectivity index (χ3n) is 4.33. The molecule has 9 heteroatoms. The summed E-state index contributed by atoms with van der Waals surface area (Å²) in [6.45, 7) is 6.31. The van der Waals surface area contributed by atoms with Gasteiger partial charge in [-0.05, 0) is 48.4 Å². The third kappa shape index (κ3) is 7.68. The summed E-state index contributed by atoms with van der Waals surface area (Å²) in [5, 5.41) is 8.10. The van der Waals surface area contributed by atoms with Gasteiger partial charge in [-0.25, -0.2) is 13.1 Å². The minimum Gasteiger partial charge on any atom is -0.497 e. The standard InChI is InChI=1S/C20H30N4O3S2/c1-4-21-20(23-13-14-24-29(25,26)19-6-5-15-28-19)22-12-11-16(2)17-7-9-18(27-3)10-8-17/h5-10,15-16,24H,4,11-14H2,1-3H3,(H2,21,22,23). The van der Waals surface area contributed by atoms with Gasteiger partial charge in [0.1, 0.15) is 9.96 Å². The maximum absolute atomic E-state index is 12.1. The van der Waals surface area contributed by atoms with Crippen LogP contribution in [0.4, 0.5) is 0 Å². The van der Waals surface area contributed by atoms with E-state index in [1.165, 1.54) is 16.9 Å². The highest BCUT2D eigenvalue weighted by molar-refractivity contribution is 7.91. The normalized spacial score (nSPS) is 13.1. The summed E-state index contributed by atoms with van der Waals surface area (Å²) in [6, 6.07) is 11.4. The number of sulfonamides is 1. The Morgan fingerprint density at radius 3 is 2.55 bits per heavy atom. The number of hydrogen-bond donors (Lipinski definition) is 3. The first-order chi connectivity index (χ1) is 14.0. The van der Waals surface area contributed by atoms with E-state index in [1.807, 2.05) is 19.1 Å². The molecule has 0 saturated carbocycles. The monoisotopic (exact) mass is 438 g/mol. The second kappa shape index (κ2) is 11.8. The molecule has 0 fully saturated rings. The quantitative estimate of drug-likeness (QED) is 0.285. The van der Waals surface area contributed by atoms with E-state index in [0.29, 0.717) is 29.2 Å². The third-order valence-corrected chi connectivity index (χ3v) is 7.19. The Labute approximate surface area is 177 Å². The van der Waals surface area contributed by atoms with Crippen molar-refractivity contribution in [2.45, 2.75) is 30.4 Å². The summed E-state index contributed by atoms with van der Waals surface area (Å²) in [4.78, 5) is 4.59. The Kier molecular flexibility index (Phi) is 9.43. The van der Waals surface area contributed by atoms with Crippen molar-refractivity contribution in [2.24, 2.45) is 4.99 Å². The van der Waals surface area contributed by atoms with Crippen LogP contribution in [0.1, 0.15) is 31.7 Å². The zero-order valence-electron chi connectivity index (χ0n) is 17.1. The SMILES string of the molecule is CCNC(=NCCC(C)c1ccc(OC)cc1)NCCNS(=O)(=O)c1cccs1. The molecular weight excluding hydrogens is 408 g/mol. The van der Waals surface area contributed by atoms with Crippen LogP contribution in [0.3, 0.4) is 0 Å². The highest BCUT2D eigenvalue weighted by Crippen LogP contribution is 2.21. The highest BCUT2D eigenvalue weighted by Gasteiger charge is 2.13.